The van der Waals surface area contributed by atoms with E-state index in [9.17, 15) is 13.2 Å². The monoisotopic (exact) mass is 358 g/mol. The first kappa shape index (κ1) is 17.7. The van der Waals surface area contributed by atoms with Crippen LogP contribution in [0.15, 0.2) is 54.6 Å². The molecule has 0 N–H and O–H groups in total. The van der Waals surface area contributed by atoms with Crippen molar-refractivity contribution in [1.82, 2.24) is 0 Å². The molecule has 0 radical (unpaired) electrons. The Balaban J connectivity index is 2.27. The van der Waals surface area contributed by atoms with Crippen LogP contribution in [0, 0.1) is 38.2 Å². The number of rotatable bonds is 3. The lowest BCUT2D eigenvalue weighted by Gasteiger charge is -2.24. The third-order valence-corrected chi connectivity index (χ3v) is 7.15. The van der Waals surface area contributed by atoms with Crippen LogP contribution in [-0.2, 0) is 0 Å². The Hall–Kier alpha value is -2.12. The van der Waals surface area contributed by atoms with E-state index in [4.69, 9.17) is 0 Å². The van der Waals surface area contributed by atoms with E-state index in [1.165, 1.54) is 36.4 Å². The zero-order valence-electron chi connectivity index (χ0n) is 14.3. The van der Waals surface area contributed by atoms with Gasteiger partial charge in [-0.1, -0.05) is 18.2 Å². The molecule has 0 aliphatic heterocycles. The Morgan fingerprint density at radius 3 is 1.04 bits per heavy atom. The van der Waals surface area contributed by atoms with Crippen molar-refractivity contribution in [3.63, 3.8) is 0 Å². The van der Waals surface area contributed by atoms with Crippen LogP contribution in [0.4, 0.5) is 13.2 Å². The minimum absolute atomic E-state index is 0.289. The summed E-state index contributed by atoms with van der Waals surface area (Å²) < 4.78 is 40.8. The Morgan fingerprint density at radius 1 is 0.520 bits per heavy atom. The van der Waals surface area contributed by atoms with E-state index in [2.05, 4.69) is 0 Å². The first-order chi connectivity index (χ1) is 11.9. The third-order valence-electron chi connectivity index (χ3n) is 4.20. The van der Waals surface area contributed by atoms with Crippen molar-refractivity contribution in [2.45, 2.75) is 20.8 Å². The molecule has 0 unspecified atom stereocenters. The van der Waals surface area contributed by atoms with Crippen LogP contribution in [0.3, 0.4) is 0 Å². The summed E-state index contributed by atoms with van der Waals surface area (Å²) in [4.78, 5) is 0. The van der Waals surface area contributed by atoms with E-state index in [0.717, 1.165) is 32.6 Å². The lowest BCUT2D eigenvalue weighted by Crippen LogP contribution is -2.26. The van der Waals surface area contributed by atoms with E-state index in [1.54, 1.807) is 18.2 Å². The van der Waals surface area contributed by atoms with Crippen LogP contribution in [-0.4, -0.2) is 0 Å². The van der Waals surface area contributed by atoms with Crippen molar-refractivity contribution in [2.24, 2.45) is 0 Å². The molecule has 25 heavy (non-hydrogen) atoms. The minimum Gasteiger partial charge on any atom is -0.207 e. The highest BCUT2D eigenvalue weighted by Gasteiger charge is 2.22. The molecule has 128 valence electrons. The molecule has 3 rings (SSSR count). The van der Waals surface area contributed by atoms with E-state index >= 15 is 0 Å². The minimum atomic E-state index is -1.05. The lowest BCUT2D eigenvalue weighted by molar-refractivity contribution is 0.627. The third kappa shape index (κ3) is 3.62. The Kier molecular flexibility index (Phi) is 4.96. The maximum Gasteiger partial charge on any atom is 0.123 e. The predicted molar refractivity (Wildman–Crippen MR) is 99.2 cm³/mol. The molecular formula is C21H18F3P. The van der Waals surface area contributed by atoms with Gasteiger partial charge in [-0.2, -0.15) is 0 Å². The lowest BCUT2D eigenvalue weighted by atomic mass is 10.2. The molecule has 3 aromatic rings. The van der Waals surface area contributed by atoms with Crippen LogP contribution >= 0.6 is 7.92 Å². The molecule has 0 aliphatic rings. The summed E-state index contributed by atoms with van der Waals surface area (Å²) in [6, 6.07) is 14.2. The van der Waals surface area contributed by atoms with E-state index in [1.807, 2.05) is 20.8 Å². The van der Waals surface area contributed by atoms with Gasteiger partial charge in [0.1, 0.15) is 17.5 Å². The summed E-state index contributed by atoms with van der Waals surface area (Å²) in [7, 11) is -1.05. The smallest absolute Gasteiger partial charge is 0.123 e. The van der Waals surface area contributed by atoms with Crippen molar-refractivity contribution < 1.29 is 13.2 Å². The van der Waals surface area contributed by atoms with Gasteiger partial charge >= 0.3 is 0 Å². The zero-order valence-corrected chi connectivity index (χ0v) is 15.2. The molecule has 0 saturated heterocycles. The molecule has 4 heteroatoms. The van der Waals surface area contributed by atoms with Gasteiger partial charge in [0.25, 0.3) is 0 Å². The summed E-state index contributed by atoms with van der Waals surface area (Å²) >= 11 is 0. The molecule has 0 amide bonds. The highest BCUT2D eigenvalue weighted by atomic mass is 31.1. The summed E-state index contributed by atoms with van der Waals surface area (Å²) in [5.41, 5.74) is 2.50. The first-order valence-corrected chi connectivity index (χ1v) is 9.29. The van der Waals surface area contributed by atoms with Gasteiger partial charge in [-0.25, -0.2) is 13.2 Å². The molecule has 3 aromatic carbocycles. The molecule has 0 fully saturated rings. The molecule has 0 atom stereocenters. The summed E-state index contributed by atoms with van der Waals surface area (Å²) in [6.45, 7) is 5.60. The van der Waals surface area contributed by atoms with Crippen LogP contribution in [0.1, 0.15) is 16.7 Å². The van der Waals surface area contributed by atoms with Crippen LogP contribution in [0.25, 0.3) is 0 Å². The number of aryl methyl sites for hydroxylation is 3. The average molecular weight is 358 g/mol. The van der Waals surface area contributed by atoms with Gasteiger partial charge in [-0.05, 0) is 97.7 Å². The highest BCUT2D eigenvalue weighted by molar-refractivity contribution is 7.80. The normalized spacial score (nSPS) is 11.2. The van der Waals surface area contributed by atoms with Gasteiger partial charge in [0.2, 0.25) is 0 Å². The number of hydrogen-bond acceptors (Lipinski definition) is 0. The van der Waals surface area contributed by atoms with E-state index in [-0.39, 0.29) is 17.5 Å². The molecule has 0 aliphatic carbocycles. The molecule has 0 aromatic heterocycles. The maximum absolute atomic E-state index is 13.6. The summed E-state index contributed by atoms with van der Waals surface area (Å²) in [6.07, 6.45) is 0. The average Bonchev–Trinajstić information content (AvgIpc) is 2.52. The fourth-order valence-electron chi connectivity index (χ4n) is 3.00. The van der Waals surface area contributed by atoms with Gasteiger partial charge in [-0.15, -0.1) is 0 Å². The highest BCUT2D eigenvalue weighted by Crippen LogP contribution is 2.36. The van der Waals surface area contributed by atoms with Crippen molar-refractivity contribution in [3.8, 4) is 0 Å². The van der Waals surface area contributed by atoms with E-state index < -0.39 is 7.92 Å². The molecule has 0 heterocycles. The SMILES string of the molecule is Cc1cc(F)ccc1P(c1ccc(F)cc1C)c1ccc(F)cc1C. The van der Waals surface area contributed by atoms with Crippen molar-refractivity contribution in [2.75, 3.05) is 0 Å². The second-order valence-corrected chi connectivity index (χ2v) is 8.24. The largest absolute Gasteiger partial charge is 0.207 e. The molecular weight excluding hydrogens is 340 g/mol. The van der Waals surface area contributed by atoms with Crippen LogP contribution in [0.2, 0.25) is 0 Å². The van der Waals surface area contributed by atoms with Gasteiger partial charge in [-0.3, -0.25) is 0 Å². The standard InChI is InChI=1S/C21H18F3P/c1-13-10-16(22)4-7-19(13)25(20-8-5-17(23)11-14(20)2)21-9-6-18(24)12-15(21)3/h4-12H,1-3H3. The van der Waals surface area contributed by atoms with Crippen molar-refractivity contribution >= 4 is 23.8 Å². The van der Waals surface area contributed by atoms with Crippen LogP contribution < -0.4 is 15.9 Å². The fraction of sp³-hybridized carbons (Fsp3) is 0.143. The Labute approximate surface area is 147 Å². The quantitative estimate of drug-likeness (QED) is 0.591. The molecule has 0 bridgehead atoms. The molecule has 0 nitrogen and oxygen atoms in total. The Morgan fingerprint density at radius 2 is 0.800 bits per heavy atom. The maximum atomic E-state index is 13.6. The second-order valence-electron chi connectivity index (χ2n) is 6.13. The number of halogens is 3. The van der Waals surface area contributed by atoms with E-state index in [0.29, 0.717) is 0 Å². The van der Waals surface area contributed by atoms with Gasteiger partial charge in [0.05, 0.1) is 0 Å². The fourth-order valence-corrected chi connectivity index (χ4v) is 5.70. The van der Waals surface area contributed by atoms with Crippen molar-refractivity contribution in [3.05, 3.63) is 88.7 Å². The number of hydrogen-bond donors (Lipinski definition) is 0. The molecule has 0 saturated carbocycles. The van der Waals surface area contributed by atoms with Gasteiger partial charge in [0, 0.05) is 0 Å². The first-order valence-electron chi connectivity index (χ1n) is 7.95. The summed E-state index contributed by atoms with van der Waals surface area (Å²) in [5.74, 6) is -0.867. The van der Waals surface area contributed by atoms with Gasteiger partial charge in [0.15, 0.2) is 0 Å². The summed E-state index contributed by atoms with van der Waals surface area (Å²) in [5, 5.41) is 2.96. The number of benzene rings is 3. The van der Waals surface area contributed by atoms with Gasteiger partial charge < -0.3 is 0 Å². The van der Waals surface area contributed by atoms with Crippen LogP contribution in [0.5, 0.6) is 0 Å². The van der Waals surface area contributed by atoms with Crippen molar-refractivity contribution in [1.29, 1.82) is 0 Å². The second kappa shape index (κ2) is 7.01. The predicted octanol–water partition coefficient (Wildman–Crippen LogP) is 4.79. The Bertz CT molecular complexity index is 812. The zero-order chi connectivity index (χ0) is 18.1. The topological polar surface area (TPSA) is 0 Å². The molecule has 0 spiro atoms.